The summed E-state index contributed by atoms with van der Waals surface area (Å²) in [5.41, 5.74) is 7.01. The van der Waals surface area contributed by atoms with Crippen molar-refractivity contribution in [3.63, 3.8) is 0 Å². The monoisotopic (exact) mass is 388 g/mol. The maximum Gasteiger partial charge on any atom is 0.0943 e. The smallest absolute Gasteiger partial charge is 0.0943 e. The number of thiazole rings is 1. The highest BCUT2D eigenvalue weighted by Crippen LogP contribution is 2.25. The van der Waals surface area contributed by atoms with Crippen molar-refractivity contribution in [1.29, 1.82) is 0 Å². The van der Waals surface area contributed by atoms with Gasteiger partial charge in [0.1, 0.15) is 0 Å². The maximum absolute atomic E-state index is 4.60. The number of nitrogens with one attached hydrogen (secondary N) is 2. The van der Waals surface area contributed by atoms with E-state index in [0.717, 1.165) is 36.5 Å². The van der Waals surface area contributed by atoms with Crippen molar-refractivity contribution < 1.29 is 0 Å². The molecular formula is C23H24N4S. The van der Waals surface area contributed by atoms with Gasteiger partial charge in [0.15, 0.2) is 0 Å². The summed E-state index contributed by atoms with van der Waals surface area (Å²) in [6, 6.07) is 19.1. The van der Waals surface area contributed by atoms with Crippen LogP contribution in [-0.2, 0) is 13.0 Å². The van der Waals surface area contributed by atoms with Gasteiger partial charge in [-0.05, 0) is 30.5 Å². The Labute approximate surface area is 169 Å². The molecule has 2 aromatic heterocycles. The molecule has 0 unspecified atom stereocenters. The summed E-state index contributed by atoms with van der Waals surface area (Å²) in [6.07, 6.45) is 2.86. The van der Waals surface area contributed by atoms with Gasteiger partial charge in [-0.1, -0.05) is 54.6 Å². The lowest BCUT2D eigenvalue weighted by Gasteiger charge is -2.07. The molecule has 2 N–H and O–H groups in total. The van der Waals surface area contributed by atoms with Crippen molar-refractivity contribution in [3.05, 3.63) is 81.9 Å². The van der Waals surface area contributed by atoms with Gasteiger partial charge in [-0.25, -0.2) is 4.98 Å². The van der Waals surface area contributed by atoms with Gasteiger partial charge in [-0.2, -0.15) is 5.10 Å². The SMILES string of the molecule is Cc1nc(CCNCc2cn[nH]c2-c2ccc(-c3ccccc3)cc2)sc1C. The molecule has 0 atom stereocenters. The van der Waals surface area contributed by atoms with Crippen molar-refractivity contribution in [1.82, 2.24) is 20.5 Å². The van der Waals surface area contributed by atoms with Crippen molar-refractivity contribution in [2.45, 2.75) is 26.8 Å². The summed E-state index contributed by atoms with van der Waals surface area (Å²) in [5.74, 6) is 0. The van der Waals surface area contributed by atoms with Crippen LogP contribution in [0.2, 0.25) is 0 Å². The molecule has 0 fully saturated rings. The van der Waals surface area contributed by atoms with Gasteiger partial charge >= 0.3 is 0 Å². The highest BCUT2D eigenvalue weighted by molar-refractivity contribution is 7.11. The summed E-state index contributed by atoms with van der Waals surface area (Å²) in [6.45, 7) is 5.90. The number of hydrogen-bond donors (Lipinski definition) is 2. The molecule has 0 saturated heterocycles. The van der Waals surface area contributed by atoms with Crippen LogP contribution in [0.15, 0.2) is 60.8 Å². The van der Waals surface area contributed by atoms with E-state index in [-0.39, 0.29) is 0 Å². The van der Waals surface area contributed by atoms with E-state index in [1.807, 2.05) is 12.3 Å². The molecule has 142 valence electrons. The highest BCUT2D eigenvalue weighted by Gasteiger charge is 2.09. The fourth-order valence-corrected chi connectivity index (χ4v) is 4.15. The van der Waals surface area contributed by atoms with Crippen molar-refractivity contribution in [2.24, 2.45) is 0 Å². The molecule has 0 amide bonds. The summed E-state index contributed by atoms with van der Waals surface area (Å²) in [7, 11) is 0. The van der Waals surface area contributed by atoms with E-state index in [0.29, 0.717) is 0 Å². The lowest BCUT2D eigenvalue weighted by molar-refractivity contribution is 0.685. The fourth-order valence-electron chi connectivity index (χ4n) is 3.22. The first-order valence-electron chi connectivity index (χ1n) is 9.52. The summed E-state index contributed by atoms with van der Waals surface area (Å²) in [4.78, 5) is 5.91. The minimum absolute atomic E-state index is 0.787. The molecule has 4 aromatic rings. The Balaban J connectivity index is 1.38. The van der Waals surface area contributed by atoms with Crippen LogP contribution in [0.1, 0.15) is 21.1 Å². The predicted molar refractivity (Wildman–Crippen MR) is 116 cm³/mol. The minimum atomic E-state index is 0.787. The predicted octanol–water partition coefficient (Wildman–Crippen LogP) is 5.15. The molecule has 2 heterocycles. The molecule has 0 aliphatic carbocycles. The summed E-state index contributed by atoms with van der Waals surface area (Å²) < 4.78 is 0. The van der Waals surface area contributed by atoms with Crippen molar-refractivity contribution in [3.8, 4) is 22.4 Å². The van der Waals surface area contributed by atoms with Gasteiger partial charge in [-0.15, -0.1) is 11.3 Å². The molecular weight excluding hydrogens is 364 g/mol. The molecule has 0 bridgehead atoms. The fraction of sp³-hybridized carbons (Fsp3) is 0.217. The molecule has 0 saturated carbocycles. The summed E-state index contributed by atoms with van der Waals surface area (Å²) in [5, 5.41) is 12.1. The average Bonchev–Trinajstić information content (AvgIpc) is 3.32. The molecule has 4 rings (SSSR count). The maximum atomic E-state index is 4.60. The van der Waals surface area contributed by atoms with Crippen LogP contribution in [0.3, 0.4) is 0 Å². The van der Waals surface area contributed by atoms with Crippen LogP contribution < -0.4 is 5.32 Å². The van der Waals surface area contributed by atoms with Crippen LogP contribution in [0.5, 0.6) is 0 Å². The molecule has 0 aliphatic heterocycles. The van der Waals surface area contributed by atoms with E-state index in [9.17, 15) is 0 Å². The zero-order valence-corrected chi connectivity index (χ0v) is 17.0. The second kappa shape index (κ2) is 8.50. The van der Waals surface area contributed by atoms with Gasteiger partial charge in [0.2, 0.25) is 0 Å². The van der Waals surface area contributed by atoms with Crippen LogP contribution in [-0.4, -0.2) is 21.7 Å². The number of rotatable bonds is 7. The first-order chi connectivity index (χ1) is 13.7. The first-order valence-corrected chi connectivity index (χ1v) is 10.3. The van der Waals surface area contributed by atoms with E-state index in [1.165, 1.54) is 26.6 Å². The highest BCUT2D eigenvalue weighted by atomic mass is 32.1. The van der Waals surface area contributed by atoms with Crippen LogP contribution >= 0.6 is 11.3 Å². The number of nitrogens with zero attached hydrogens (tertiary/aromatic N) is 2. The lowest BCUT2D eigenvalue weighted by Crippen LogP contribution is -2.16. The molecule has 2 aromatic carbocycles. The van der Waals surface area contributed by atoms with E-state index >= 15 is 0 Å². The Morgan fingerprint density at radius 2 is 1.64 bits per heavy atom. The normalized spacial score (nSPS) is 11.1. The lowest BCUT2D eigenvalue weighted by atomic mass is 10.0. The quantitative estimate of drug-likeness (QED) is 0.431. The van der Waals surface area contributed by atoms with Gasteiger partial charge in [-0.3, -0.25) is 5.10 Å². The number of benzene rings is 2. The molecule has 0 radical (unpaired) electrons. The number of H-pyrrole nitrogens is 1. The van der Waals surface area contributed by atoms with Crippen LogP contribution in [0.25, 0.3) is 22.4 Å². The topological polar surface area (TPSA) is 53.6 Å². The van der Waals surface area contributed by atoms with Crippen molar-refractivity contribution in [2.75, 3.05) is 6.54 Å². The number of aryl methyl sites for hydroxylation is 2. The second-order valence-corrected chi connectivity index (χ2v) is 8.18. The molecule has 4 nitrogen and oxygen atoms in total. The third-order valence-electron chi connectivity index (χ3n) is 4.90. The summed E-state index contributed by atoms with van der Waals surface area (Å²) >= 11 is 1.79. The molecule has 0 aliphatic rings. The second-order valence-electron chi connectivity index (χ2n) is 6.89. The van der Waals surface area contributed by atoms with Gasteiger partial charge in [0, 0.05) is 30.0 Å². The van der Waals surface area contributed by atoms with Crippen molar-refractivity contribution >= 4 is 11.3 Å². The Morgan fingerprint density at radius 3 is 2.36 bits per heavy atom. The number of aromatic nitrogens is 3. The van der Waals surface area contributed by atoms with E-state index < -0.39 is 0 Å². The standard InChI is InChI=1S/C23H24N4S/c1-16-17(2)28-22(26-16)12-13-24-14-21-15-25-27-23(21)20-10-8-19(9-11-20)18-6-4-3-5-7-18/h3-11,15,24H,12-14H2,1-2H3,(H,25,27). The Hall–Kier alpha value is -2.76. The van der Waals surface area contributed by atoms with E-state index in [1.54, 1.807) is 11.3 Å². The minimum Gasteiger partial charge on any atom is -0.312 e. The average molecular weight is 389 g/mol. The van der Waals surface area contributed by atoms with E-state index in [2.05, 4.69) is 82.9 Å². The Morgan fingerprint density at radius 1 is 0.929 bits per heavy atom. The molecule has 0 spiro atoms. The largest absolute Gasteiger partial charge is 0.312 e. The Bertz CT molecular complexity index is 1010. The van der Waals surface area contributed by atoms with Crippen LogP contribution in [0.4, 0.5) is 0 Å². The zero-order chi connectivity index (χ0) is 19.3. The van der Waals surface area contributed by atoms with Crippen LogP contribution in [0, 0.1) is 13.8 Å². The van der Waals surface area contributed by atoms with Gasteiger partial charge < -0.3 is 5.32 Å². The number of aromatic amines is 1. The van der Waals surface area contributed by atoms with Gasteiger partial charge in [0.05, 0.1) is 22.6 Å². The van der Waals surface area contributed by atoms with Gasteiger partial charge in [0.25, 0.3) is 0 Å². The zero-order valence-electron chi connectivity index (χ0n) is 16.2. The third-order valence-corrected chi connectivity index (χ3v) is 6.04. The molecule has 28 heavy (non-hydrogen) atoms. The third kappa shape index (κ3) is 4.21. The number of hydrogen-bond acceptors (Lipinski definition) is 4. The first kappa shape index (κ1) is 18.6. The Kier molecular flexibility index (Phi) is 5.65. The van der Waals surface area contributed by atoms with E-state index in [4.69, 9.17) is 0 Å². The molecule has 5 heteroatoms.